The first kappa shape index (κ1) is 12.9. The molecule has 0 aromatic heterocycles. The molecule has 3 nitrogen and oxygen atoms in total. The highest BCUT2D eigenvalue weighted by molar-refractivity contribution is 5.84. The van der Waals surface area contributed by atoms with Crippen molar-refractivity contribution in [2.24, 2.45) is 5.73 Å². The lowest BCUT2D eigenvalue weighted by Crippen LogP contribution is -2.10. The third-order valence-electron chi connectivity index (χ3n) is 3.17. The minimum Gasteiger partial charge on any atom is -0.497 e. The van der Waals surface area contributed by atoms with Crippen LogP contribution in [0.4, 0.5) is 0 Å². The Hall–Kier alpha value is -1.58. The van der Waals surface area contributed by atoms with Crippen molar-refractivity contribution in [2.45, 2.75) is 18.9 Å². The fourth-order valence-electron chi connectivity index (χ4n) is 2.08. The Morgan fingerprint density at radius 3 is 2.61 bits per heavy atom. The van der Waals surface area contributed by atoms with Crippen molar-refractivity contribution in [1.29, 1.82) is 0 Å². The van der Waals surface area contributed by atoms with Crippen molar-refractivity contribution >= 4 is 10.8 Å². The van der Waals surface area contributed by atoms with Crippen LogP contribution < -0.4 is 10.5 Å². The molecule has 0 bridgehead atoms. The Labute approximate surface area is 107 Å². The molecule has 0 aliphatic carbocycles. The summed E-state index contributed by atoms with van der Waals surface area (Å²) in [5.41, 5.74) is 7.20. The van der Waals surface area contributed by atoms with Crippen LogP contribution in [0.25, 0.3) is 10.8 Å². The average Bonchev–Trinajstić information content (AvgIpc) is 2.43. The zero-order valence-electron chi connectivity index (χ0n) is 10.6. The number of benzene rings is 2. The molecule has 0 fully saturated rings. The van der Waals surface area contributed by atoms with E-state index < -0.39 is 0 Å². The molecule has 2 aromatic carbocycles. The summed E-state index contributed by atoms with van der Waals surface area (Å²) in [5.74, 6) is 0.861. The van der Waals surface area contributed by atoms with Crippen LogP contribution in [0.2, 0.25) is 0 Å². The minimum atomic E-state index is -0.0105. The standard InChI is InChI=1S/C15H19NO2/c1-18-14-7-6-11-9-13(5-4-12(11)10-14)15(16)3-2-8-17/h4-7,9-10,15,17H,2-3,8,16H2,1H3/t15-/m0/s1. The average molecular weight is 245 g/mol. The zero-order valence-corrected chi connectivity index (χ0v) is 10.6. The van der Waals surface area contributed by atoms with Crippen molar-refractivity contribution < 1.29 is 9.84 Å². The van der Waals surface area contributed by atoms with Gasteiger partial charge in [-0.15, -0.1) is 0 Å². The first-order valence-electron chi connectivity index (χ1n) is 6.18. The molecular weight excluding hydrogens is 226 g/mol. The maximum atomic E-state index is 8.82. The molecule has 0 aliphatic rings. The first-order chi connectivity index (χ1) is 8.74. The Balaban J connectivity index is 2.27. The minimum absolute atomic E-state index is 0.0105. The number of rotatable bonds is 5. The van der Waals surface area contributed by atoms with Gasteiger partial charge in [0, 0.05) is 12.6 Å². The van der Waals surface area contributed by atoms with Crippen LogP contribution in [-0.2, 0) is 0 Å². The van der Waals surface area contributed by atoms with Gasteiger partial charge in [0.1, 0.15) is 5.75 Å². The van der Waals surface area contributed by atoms with Crippen molar-refractivity contribution in [1.82, 2.24) is 0 Å². The maximum absolute atomic E-state index is 8.82. The lowest BCUT2D eigenvalue weighted by molar-refractivity contribution is 0.280. The van der Waals surface area contributed by atoms with Gasteiger partial charge >= 0.3 is 0 Å². The Morgan fingerprint density at radius 1 is 1.17 bits per heavy atom. The van der Waals surface area contributed by atoms with Crippen molar-refractivity contribution in [3.8, 4) is 5.75 Å². The molecule has 0 amide bonds. The van der Waals surface area contributed by atoms with Crippen LogP contribution in [0.5, 0.6) is 5.75 Å². The first-order valence-corrected chi connectivity index (χ1v) is 6.18. The fourth-order valence-corrected chi connectivity index (χ4v) is 2.08. The molecule has 96 valence electrons. The van der Waals surface area contributed by atoms with E-state index in [9.17, 15) is 0 Å². The van der Waals surface area contributed by atoms with E-state index in [4.69, 9.17) is 15.6 Å². The molecule has 3 N–H and O–H groups in total. The number of hydrogen-bond donors (Lipinski definition) is 2. The third-order valence-corrected chi connectivity index (χ3v) is 3.17. The number of fused-ring (bicyclic) bond motifs is 1. The predicted octanol–water partition coefficient (Wildman–Crippen LogP) is 2.62. The summed E-state index contributed by atoms with van der Waals surface area (Å²) in [4.78, 5) is 0. The van der Waals surface area contributed by atoms with Gasteiger partial charge in [0.25, 0.3) is 0 Å². The van der Waals surface area contributed by atoms with Crippen molar-refractivity contribution in [3.05, 3.63) is 42.0 Å². The van der Waals surface area contributed by atoms with E-state index in [2.05, 4.69) is 12.1 Å². The molecule has 0 heterocycles. The zero-order chi connectivity index (χ0) is 13.0. The molecule has 0 saturated heterocycles. The quantitative estimate of drug-likeness (QED) is 0.851. The lowest BCUT2D eigenvalue weighted by atomic mass is 9.99. The predicted molar refractivity (Wildman–Crippen MR) is 73.7 cm³/mol. The van der Waals surface area contributed by atoms with E-state index in [0.29, 0.717) is 0 Å². The third kappa shape index (κ3) is 2.81. The van der Waals surface area contributed by atoms with Crippen LogP contribution in [0.1, 0.15) is 24.4 Å². The summed E-state index contributed by atoms with van der Waals surface area (Å²) in [7, 11) is 1.67. The van der Waals surface area contributed by atoms with Crippen LogP contribution in [0, 0.1) is 0 Å². The molecule has 2 rings (SSSR count). The number of aliphatic hydroxyl groups is 1. The fraction of sp³-hybridized carbons (Fsp3) is 0.333. The smallest absolute Gasteiger partial charge is 0.119 e. The van der Waals surface area contributed by atoms with Gasteiger partial charge in [-0.3, -0.25) is 0 Å². The Morgan fingerprint density at radius 2 is 1.89 bits per heavy atom. The van der Waals surface area contributed by atoms with Crippen molar-refractivity contribution in [3.63, 3.8) is 0 Å². The molecule has 18 heavy (non-hydrogen) atoms. The van der Waals surface area contributed by atoms with E-state index >= 15 is 0 Å². The number of hydrogen-bond acceptors (Lipinski definition) is 3. The Kier molecular flexibility index (Phi) is 4.18. The van der Waals surface area contributed by atoms with Crippen LogP contribution >= 0.6 is 0 Å². The SMILES string of the molecule is COc1ccc2cc([C@@H](N)CCCO)ccc2c1. The molecule has 0 spiro atoms. The van der Waals surface area contributed by atoms with Crippen molar-refractivity contribution in [2.75, 3.05) is 13.7 Å². The molecule has 0 aliphatic heterocycles. The summed E-state index contributed by atoms with van der Waals surface area (Å²) < 4.78 is 5.20. The number of ether oxygens (including phenoxy) is 1. The summed E-state index contributed by atoms with van der Waals surface area (Å²) in [6, 6.07) is 12.2. The second-order valence-corrected chi connectivity index (χ2v) is 4.44. The number of aliphatic hydroxyl groups excluding tert-OH is 1. The molecule has 0 unspecified atom stereocenters. The van der Waals surface area contributed by atoms with E-state index in [1.165, 1.54) is 0 Å². The summed E-state index contributed by atoms with van der Waals surface area (Å²) in [5, 5.41) is 11.1. The van der Waals surface area contributed by atoms with Gasteiger partial charge in [-0.2, -0.15) is 0 Å². The molecular formula is C15H19NO2. The van der Waals surface area contributed by atoms with E-state index in [-0.39, 0.29) is 12.6 Å². The van der Waals surface area contributed by atoms with Gasteiger partial charge in [-0.25, -0.2) is 0 Å². The van der Waals surface area contributed by atoms with Gasteiger partial charge < -0.3 is 15.6 Å². The second kappa shape index (κ2) is 5.85. The Bertz CT molecular complexity index is 525. The summed E-state index contributed by atoms with van der Waals surface area (Å²) in [6.45, 7) is 0.193. The number of nitrogens with two attached hydrogens (primary N) is 1. The van der Waals surface area contributed by atoms with Gasteiger partial charge in [0.2, 0.25) is 0 Å². The topological polar surface area (TPSA) is 55.5 Å². The van der Waals surface area contributed by atoms with Crippen LogP contribution in [0.15, 0.2) is 36.4 Å². The summed E-state index contributed by atoms with van der Waals surface area (Å²) >= 11 is 0. The van der Waals surface area contributed by atoms with Crippen LogP contribution in [0.3, 0.4) is 0 Å². The number of methoxy groups -OCH3 is 1. The van der Waals surface area contributed by atoms with E-state index in [0.717, 1.165) is 34.9 Å². The van der Waals surface area contributed by atoms with Gasteiger partial charge in [0.05, 0.1) is 7.11 Å². The maximum Gasteiger partial charge on any atom is 0.119 e. The normalized spacial score (nSPS) is 12.6. The van der Waals surface area contributed by atoms with E-state index in [1.54, 1.807) is 7.11 Å². The second-order valence-electron chi connectivity index (χ2n) is 4.44. The van der Waals surface area contributed by atoms with Gasteiger partial charge in [-0.1, -0.05) is 18.2 Å². The highest BCUT2D eigenvalue weighted by atomic mass is 16.5. The highest BCUT2D eigenvalue weighted by Crippen LogP contribution is 2.25. The van der Waals surface area contributed by atoms with Crippen LogP contribution in [-0.4, -0.2) is 18.8 Å². The molecule has 0 saturated carbocycles. The molecule has 0 radical (unpaired) electrons. The van der Waals surface area contributed by atoms with Gasteiger partial charge in [0.15, 0.2) is 0 Å². The lowest BCUT2D eigenvalue weighted by Gasteiger charge is -2.12. The monoisotopic (exact) mass is 245 g/mol. The van der Waals surface area contributed by atoms with Gasteiger partial charge in [-0.05, 0) is 47.4 Å². The largest absolute Gasteiger partial charge is 0.497 e. The van der Waals surface area contributed by atoms with E-state index in [1.807, 2.05) is 24.3 Å². The molecule has 1 atom stereocenters. The highest BCUT2D eigenvalue weighted by Gasteiger charge is 2.06. The molecule has 3 heteroatoms. The molecule has 2 aromatic rings. The summed E-state index contributed by atoms with van der Waals surface area (Å²) in [6.07, 6.45) is 1.54.